The minimum absolute atomic E-state index is 0.0574. The molecule has 1 amide bonds. The lowest BCUT2D eigenvalue weighted by Gasteiger charge is -2.28. The van der Waals surface area contributed by atoms with Gasteiger partial charge in [-0.3, -0.25) is 4.79 Å². The smallest absolute Gasteiger partial charge is 0.224 e. The van der Waals surface area contributed by atoms with E-state index in [1.165, 1.54) is 12.8 Å². The van der Waals surface area contributed by atoms with Crippen LogP contribution in [0.1, 0.15) is 26.2 Å². The Morgan fingerprint density at radius 1 is 1.57 bits per heavy atom. The molecule has 0 aromatic heterocycles. The van der Waals surface area contributed by atoms with Gasteiger partial charge in [-0.2, -0.15) is 0 Å². The van der Waals surface area contributed by atoms with Crippen LogP contribution in [0.4, 0.5) is 5.69 Å². The molecule has 1 aromatic rings. The normalized spacial score (nSPS) is 19.9. The second kappa shape index (κ2) is 7.80. The molecule has 5 heteroatoms. The van der Waals surface area contributed by atoms with Crippen molar-refractivity contribution in [1.29, 1.82) is 0 Å². The number of piperidine rings is 1. The first-order valence-corrected chi connectivity index (χ1v) is 8.23. The first kappa shape index (κ1) is 16.3. The SMILES string of the molecule is COc1ccc(Br)c(NC(=O)CC(C)C2CCCNC2)c1. The Bertz CT molecular complexity index is 487. The number of carbonyl (C=O) groups excluding carboxylic acids is 1. The first-order valence-electron chi connectivity index (χ1n) is 7.44. The second-order valence-electron chi connectivity index (χ2n) is 5.68. The maximum Gasteiger partial charge on any atom is 0.224 e. The van der Waals surface area contributed by atoms with Gasteiger partial charge in [-0.1, -0.05) is 6.92 Å². The molecule has 1 aromatic carbocycles. The summed E-state index contributed by atoms with van der Waals surface area (Å²) in [5.41, 5.74) is 0.758. The van der Waals surface area contributed by atoms with Gasteiger partial charge in [0, 0.05) is 17.0 Å². The van der Waals surface area contributed by atoms with Crippen molar-refractivity contribution in [2.75, 3.05) is 25.5 Å². The van der Waals surface area contributed by atoms with Gasteiger partial charge in [-0.15, -0.1) is 0 Å². The van der Waals surface area contributed by atoms with Crippen molar-refractivity contribution < 1.29 is 9.53 Å². The van der Waals surface area contributed by atoms with Gasteiger partial charge >= 0.3 is 0 Å². The third-order valence-electron chi connectivity index (χ3n) is 4.09. The number of anilines is 1. The van der Waals surface area contributed by atoms with Crippen LogP contribution in [0.15, 0.2) is 22.7 Å². The minimum Gasteiger partial charge on any atom is -0.497 e. The van der Waals surface area contributed by atoms with Crippen LogP contribution in [0.5, 0.6) is 5.75 Å². The average Bonchev–Trinajstić information content (AvgIpc) is 2.50. The van der Waals surface area contributed by atoms with Gasteiger partial charge in [-0.05, 0) is 65.8 Å². The van der Waals surface area contributed by atoms with Gasteiger partial charge in [0.05, 0.1) is 12.8 Å². The quantitative estimate of drug-likeness (QED) is 0.851. The van der Waals surface area contributed by atoms with Crippen molar-refractivity contribution in [3.8, 4) is 5.75 Å². The molecule has 4 nitrogen and oxygen atoms in total. The fourth-order valence-electron chi connectivity index (χ4n) is 2.75. The predicted octanol–water partition coefficient (Wildman–Crippen LogP) is 3.42. The fraction of sp³-hybridized carbons (Fsp3) is 0.562. The highest BCUT2D eigenvalue weighted by atomic mass is 79.9. The van der Waals surface area contributed by atoms with Crippen LogP contribution < -0.4 is 15.4 Å². The zero-order valence-corrected chi connectivity index (χ0v) is 14.2. The molecule has 116 valence electrons. The summed E-state index contributed by atoms with van der Waals surface area (Å²) in [6, 6.07) is 5.56. The molecule has 0 bridgehead atoms. The van der Waals surface area contributed by atoms with Gasteiger partial charge < -0.3 is 15.4 Å². The molecule has 1 heterocycles. The number of hydrogen-bond acceptors (Lipinski definition) is 3. The van der Waals surface area contributed by atoms with E-state index in [9.17, 15) is 4.79 Å². The van der Waals surface area contributed by atoms with Crippen molar-refractivity contribution in [1.82, 2.24) is 5.32 Å². The summed E-state index contributed by atoms with van der Waals surface area (Å²) in [6.07, 6.45) is 2.97. The molecule has 0 spiro atoms. The molecule has 1 aliphatic heterocycles. The summed E-state index contributed by atoms with van der Waals surface area (Å²) < 4.78 is 6.05. The number of hydrogen-bond donors (Lipinski definition) is 2. The number of methoxy groups -OCH3 is 1. The summed E-state index contributed by atoms with van der Waals surface area (Å²) in [6.45, 7) is 4.29. The highest BCUT2D eigenvalue weighted by molar-refractivity contribution is 9.10. The van der Waals surface area contributed by atoms with Crippen LogP contribution >= 0.6 is 15.9 Å². The molecule has 2 rings (SSSR count). The van der Waals surface area contributed by atoms with E-state index in [0.29, 0.717) is 18.3 Å². The molecule has 0 saturated carbocycles. The van der Waals surface area contributed by atoms with E-state index in [-0.39, 0.29) is 5.91 Å². The number of amides is 1. The minimum atomic E-state index is 0.0574. The largest absolute Gasteiger partial charge is 0.497 e. The lowest BCUT2D eigenvalue weighted by atomic mass is 9.85. The van der Waals surface area contributed by atoms with E-state index in [2.05, 4.69) is 33.5 Å². The highest BCUT2D eigenvalue weighted by Gasteiger charge is 2.22. The van der Waals surface area contributed by atoms with Gasteiger partial charge in [0.1, 0.15) is 5.75 Å². The van der Waals surface area contributed by atoms with Crippen LogP contribution in [-0.2, 0) is 4.79 Å². The lowest BCUT2D eigenvalue weighted by Crippen LogP contribution is -2.34. The Balaban J connectivity index is 1.91. The van der Waals surface area contributed by atoms with Crippen LogP contribution in [0.2, 0.25) is 0 Å². The van der Waals surface area contributed by atoms with Crippen LogP contribution in [0, 0.1) is 11.8 Å². The van der Waals surface area contributed by atoms with Crippen molar-refractivity contribution in [2.45, 2.75) is 26.2 Å². The van der Waals surface area contributed by atoms with Crippen molar-refractivity contribution in [3.05, 3.63) is 22.7 Å². The molecule has 2 unspecified atom stereocenters. The zero-order valence-electron chi connectivity index (χ0n) is 12.6. The highest BCUT2D eigenvalue weighted by Crippen LogP contribution is 2.28. The summed E-state index contributed by atoms with van der Waals surface area (Å²) in [4.78, 5) is 12.2. The predicted molar refractivity (Wildman–Crippen MR) is 88.7 cm³/mol. The monoisotopic (exact) mass is 354 g/mol. The van der Waals surface area contributed by atoms with Crippen LogP contribution in [-0.4, -0.2) is 26.1 Å². The number of halogens is 1. The van der Waals surface area contributed by atoms with E-state index in [1.807, 2.05) is 18.2 Å². The van der Waals surface area contributed by atoms with Crippen molar-refractivity contribution in [2.24, 2.45) is 11.8 Å². The van der Waals surface area contributed by atoms with Gasteiger partial charge in [0.15, 0.2) is 0 Å². The van der Waals surface area contributed by atoms with E-state index < -0.39 is 0 Å². The standard InChI is InChI=1S/C16H23BrN2O2/c1-11(12-4-3-7-18-10-12)8-16(20)19-15-9-13(21-2)5-6-14(15)17/h5-6,9,11-12,18H,3-4,7-8,10H2,1-2H3,(H,19,20). The Kier molecular flexibility index (Phi) is 6.06. The van der Waals surface area contributed by atoms with E-state index >= 15 is 0 Å². The summed E-state index contributed by atoms with van der Waals surface area (Å²) in [7, 11) is 1.62. The van der Waals surface area contributed by atoms with Crippen LogP contribution in [0.3, 0.4) is 0 Å². The van der Waals surface area contributed by atoms with Gasteiger partial charge in [0.25, 0.3) is 0 Å². The molecule has 0 radical (unpaired) electrons. The third kappa shape index (κ3) is 4.71. The number of rotatable bonds is 5. The molecule has 2 atom stereocenters. The summed E-state index contributed by atoms with van der Waals surface area (Å²) in [5, 5.41) is 6.38. The topological polar surface area (TPSA) is 50.4 Å². The maximum atomic E-state index is 12.2. The molecular formula is C16H23BrN2O2. The van der Waals surface area contributed by atoms with Crippen LogP contribution in [0.25, 0.3) is 0 Å². The summed E-state index contributed by atoms with van der Waals surface area (Å²) >= 11 is 3.45. The lowest BCUT2D eigenvalue weighted by molar-refractivity contribution is -0.117. The molecule has 1 fully saturated rings. The number of benzene rings is 1. The molecular weight excluding hydrogens is 332 g/mol. The number of ether oxygens (including phenoxy) is 1. The van der Waals surface area contributed by atoms with E-state index in [4.69, 9.17) is 4.74 Å². The Morgan fingerprint density at radius 2 is 2.38 bits per heavy atom. The van der Waals surface area contributed by atoms with Crippen molar-refractivity contribution in [3.63, 3.8) is 0 Å². The van der Waals surface area contributed by atoms with Crippen molar-refractivity contribution >= 4 is 27.5 Å². The molecule has 1 aliphatic rings. The summed E-state index contributed by atoms with van der Waals surface area (Å²) in [5.74, 6) is 1.78. The third-order valence-corrected chi connectivity index (χ3v) is 4.79. The Labute approximate surface area is 134 Å². The fourth-order valence-corrected chi connectivity index (χ4v) is 3.10. The van der Waals surface area contributed by atoms with Gasteiger partial charge in [-0.25, -0.2) is 0 Å². The molecule has 1 saturated heterocycles. The Morgan fingerprint density at radius 3 is 3.05 bits per heavy atom. The molecule has 21 heavy (non-hydrogen) atoms. The molecule has 2 N–H and O–H groups in total. The maximum absolute atomic E-state index is 12.2. The number of carbonyl (C=O) groups is 1. The zero-order chi connectivity index (χ0) is 15.2. The first-order chi connectivity index (χ1) is 10.1. The van der Waals surface area contributed by atoms with E-state index in [0.717, 1.165) is 29.0 Å². The molecule has 0 aliphatic carbocycles. The second-order valence-corrected chi connectivity index (χ2v) is 6.54. The van der Waals surface area contributed by atoms with Gasteiger partial charge in [0.2, 0.25) is 5.91 Å². The van der Waals surface area contributed by atoms with E-state index in [1.54, 1.807) is 7.11 Å². The Hall–Kier alpha value is -1.07. The number of nitrogens with one attached hydrogen (secondary N) is 2. The average molecular weight is 355 g/mol.